The summed E-state index contributed by atoms with van der Waals surface area (Å²) in [6.45, 7) is 5.97. The molecule has 0 saturated carbocycles. The maximum Gasteiger partial charge on any atom is 0.325 e. The van der Waals surface area contributed by atoms with Crippen LogP contribution in [0.4, 0.5) is 0 Å². The van der Waals surface area contributed by atoms with E-state index in [1.807, 2.05) is 20.8 Å². The first-order valence-electron chi connectivity index (χ1n) is 17.9. The highest BCUT2D eigenvalue weighted by Gasteiger charge is 2.54. The van der Waals surface area contributed by atoms with Crippen molar-refractivity contribution >= 4 is 7.60 Å². The molecular weight excluding hydrogens is 735 g/mol. The van der Waals surface area contributed by atoms with Crippen molar-refractivity contribution in [2.45, 2.75) is 151 Å². The summed E-state index contributed by atoms with van der Waals surface area (Å²) in [5, 5.41) is 95.7. The summed E-state index contributed by atoms with van der Waals surface area (Å²) in [7, 11) is -3.61. The predicted molar refractivity (Wildman–Crippen MR) is 179 cm³/mol. The summed E-state index contributed by atoms with van der Waals surface area (Å²) >= 11 is 0. The van der Waals surface area contributed by atoms with E-state index in [0.717, 1.165) is 19.5 Å². The number of unbranched alkanes of at least 4 members (excludes halogenated alkanes) is 3. The van der Waals surface area contributed by atoms with E-state index in [1.54, 1.807) is 0 Å². The topological polar surface area (TPSA) is 302 Å². The van der Waals surface area contributed by atoms with Crippen LogP contribution in [0.2, 0.25) is 0 Å². The van der Waals surface area contributed by atoms with Crippen LogP contribution in [-0.2, 0) is 47.0 Å². The Kier molecular flexibility index (Phi) is 19.3. The zero-order valence-electron chi connectivity index (χ0n) is 30.6. The van der Waals surface area contributed by atoms with Gasteiger partial charge in [0.15, 0.2) is 18.9 Å². The van der Waals surface area contributed by atoms with E-state index >= 15 is 0 Å². The first kappa shape index (κ1) is 46.8. The highest BCUT2D eigenvalue weighted by Crippen LogP contribution is 2.36. The Bertz CT molecular complexity index is 1080. The van der Waals surface area contributed by atoms with Gasteiger partial charge in [0.2, 0.25) is 0 Å². The Morgan fingerprint density at radius 1 is 0.585 bits per heavy atom. The summed E-state index contributed by atoms with van der Waals surface area (Å²) in [5.41, 5.74) is -0.261. The monoisotopic (exact) mass is 796 g/mol. The third-order valence-corrected chi connectivity index (χ3v) is 9.46. The maximum atomic E-state index is 11.3. The molecule has 3 rings (SSSR count). The van der Waals surface area contributed by atoms with Crippen molar-refractivity contribution in [3.05, 3.63) is 0 Å². The number of ether oxygens (including phenoxy) is 8. The van der Waals surface area contributed by atoms with Crippen molar-refractivity contribution in [3.8, 4) is 0 Å². The van der Waals surface area contributed by atoms with Crippen LogP contribution in [0.15, 0.2) is 0 Å². The Balaban J connectivity index is 1.61. The van der Waals surface area contributed by atoms with Crippen molar-refractivity contribution in [3.63, 3.8) is 0 Å². The molecule has 314 valence electrons. The molecule has 0 aromatic carbocycles. The van der Waals surface area contributed by atoms with Crippen molar-refractivity contribution < 1.29 is 97.8 Å². The van der Waals surface area contributed by atoms with Crippen molar-refractivity contribution in [2.24, 2.45) is 0 Å². The van der Waals surface area contributed by atoms with Crippen molar-refractivity contribution in [1.29, 1.82) is 0 Å². The highest BCUT2D eigenvalue weighted by atomic mass is 31.2. The van der Waals surface area contributed by atoms with Crippen LogP contribution in [0.25, 0.3) is 0 Å². The van der Waals surface area contributed by atoms with Crippen LogP contribution in [0.1, 0.15) is 52.9 Å². The normalized spacial score (nSPS) is 39.5. The van der Waals surface area contributed by atoms with Crippen LogP contribution >= 0.6 is 7.60 Å². The highest BCUT2D eigenvalue weighted by molar-refractivity contribution is 7.51. The fraction of sp³-hybridized carbons (Fsp3) is 1.00. The largest absolute Gasteiger partial charge is 0.394 e. The molecule has 53 heavy (non-hydrogen) atoms. The molecular formula is C32H61O20P. The number of aliphatic hydroxyl groups is 9. The first-order valence-corrected chi connectivity index (χ1v) is 19.9. The molecule has 3 saturated heterocycles. The van der Waals surface area contributed by atoms with E-state index in [4.69, 9.17) is 42.4 Å². The molecule has 21 heteroatoms. The summed E-state index contributed by atoms with van der Waals surface area (Å²) in [5.74, 6) is 0. The SMILES string of the molecule is CC(C)(C)OCCCCCOC1OC(CO)C(O)C(OC2OC(CO)C(O)C(OC3OC(COCCCCOP(C)(=O)O)C(O)C(O)C3O)C2O)C1O. The lowest BCUT2D eigenvalue weighted by molar-refractivity contribution is -0.381. The van der Waals surface area contributed by atoms with E-state index < -0.39 is 113 Å². The molecule has 0 spiro atoms. The van der Waals surface area contributed by atoms with Gasteiger partial charge in [0, 0.05) is 26.5 Å². The molecule has 10 N–H and O–H groups in total. The molecule has 0 aliphatic carbocycles. The Labute approximate surface area is 308 Å². The standard InChI is InChI=1S/C32H61O20P/c1-32(2,3)46-12-7-5-6-11-45-29-25(40)27(21(36)17(14-33)48-29)52-31-26(41)28(22(37)18(15-34)49-31)51-30-24(39)23(38)20(35)19(50-30)16-44-10-8-9-13-47-53(4,42)43/h17-31,33-41H,5-16H2,1-4H3,(H,42,43). The van der Waals surface area contributed by atoms with E-state index in [0.29, 0.717) is 25.9 Å². The number of aliphatic hydroxyl groups excluding tert-OH is 9. The molecule has 0 amide bonds. The van der Waals surface area contributed by atoms with E-state index in [2.05, 4.69) is 0 Å². The van der Waals surface area contributed by atoms with Gasteiger partial charge in [-0.3, -0.25) is 4.57 Å². The average molecular weight is 797 g/mol. The molecule has 3 heterocycles. The molecule has 16 atom stereocenters. The van der Waals surface area contributed by atoms with Crippen LogP contribution in [0, 0.1) is 0 Å². The van der Waals surface area contributed by atoms with Crippen LogP contribution in [-0.4, -0.2) is 201 Å². The molecule has 3 aliphatic rings. The number of rotatable bonds is 21. The Hall–Kier alpha value is -0.530. The van der Waals surface area contributed by atoms with Gasteiger partial charge in [-0.05, 0) is 52.9 Å². The van der Waals surface area contributed by atoms with Gasteiger partial charge in [0.1, 0.15) is 73.2 Å². The second-order valence-corrected chi connectivity index (χ2v) is 16.3. The zero-order chi connectivity index (χ0) is 39.5. The fourth-order valence-electron chi connectivity index (χ4n) is 5.85. The minimum absolute atomic E-state index is 0.0177. The molecule has 0 aromatic rings. The summed E-state index contributed by atoms with van der Waals surface area (Å²) < 4.78 is 61.2. The summed E-state index contributed by atoms with van der Waals surface area (Å²) in [6.07, 6.45) is -21.7. The third kappa shape index (κ3) is 14.4. The Morgan fingerprint density at radius 3 is 1.64 bits per heavy atom. The lowest BCUT2D eigenvalue weighted by Crippen LogP contribution is -2.67. The lowest BCUT2D eigenvalue weighted by atomic mass is 9.96. The minimum atomic E-state index is -3.61. The Morgan fingerprint density at radius 2 is 1.08 bits per heavy atom. The van der Waals surface area contributed by atoms with Gasteiger partial charge in [-0.25, -0.2) is 0 Å². The second kappa shape index (κ2) is 21.8. The molecule has 0 aromatic heterocycles. The summed E-state index contributed by atoms with van der Waals surface area (Å²) in [4.78, 5) is 9.18. The zero-order valence-corrected chi connectivity index (χ0v) is 31.5. The predicted octanol–water partition coefficient (Wildman–Crippen LogP) is -2.93. The minimum Gasteiger partial charge on any atom is -0.394 e. The molecule has 16 unspecified atom stereocenters. The summed E-state index contributed by atoms with van der Waals surface area (Å²) in [6, 6.07) is 0. The lowest BCUT2D eigenvalue weighted by Gasteiger charge is -2.48. The van der Waals surface area contributed by atoms with Gasteiger partial charge in [-0.1, -0.05) is 0 Å². The molecule has 20 nitrogen and oxygen atoms in total. The van der Waals surface area contributed by atoms with Gasteiger partial charge in [0.05, 0.1) is 32.0 Å². The van der Waals surface area contributed by atoms with Gasteiger partial charge in [0.25, 0.3) is 0 Å². The van der Waals surface area contributed by atoms with E-state index in [-0.39, 0.29) is 32.0 Å². The van der Waals surface area contributed by atoms with Crippen molar-refractivity contribution in [1.82, 2.24) is 0 Å². The van der Waals surface area contributed by atoms with E-state index in [1.165, 1.54) is 0 Å². The molecule has 0 bridgehead atoms. The molecule has 0 radical (unpaired) electrons. The molecule has 3 fully saturated rings. The van der Waals surface area contributed by atoms with Crippen LogP contribution in [0.3, 0.4) is 0 Å². The van der Waals surface area contributed by atoms with Gasteiger partial charge >= 0.3 is 7.60 Å². The number of hydrogen-bond donors (Lipinski definition) is 10. The average Bonchev–Trinajstić information content (AvgIpc) is 3.08. The second-order valence-electron chi connectivity index (χ2n) is 14.4. The van der Waals surface area contributed by atoms with Gasteiger partial charge in [-0.2, -0.15) is 0 Å². The maximum absolute atomic E-state index is 11.3. The quantitative estimate of drug-likeness (QED) is 0.0411. The smallest absolute Gasteiger partial charge is 0.325 e. The van der Waals surface area contributed by atoms with Gasteiger partial charge < -0.3 is 93.3 Å². The van der Waals surface area contributed by atoms with Crippen LogP contribution < -0.4 is 0 Å². The van der Waals surface area contributed by atoms with Crippen LogP contribution in [0.5, 0.6) is 0 Å². The first-order chi connectivity index (χ1) is 24.9. The fourth-order valence-corrected chi connectivity index (χ4v) is 6.32. The molecule has 3 aliphatic heterocycles. The van der Waals surface area contributed by atoms with E-state index in [9.17, 15) is 55.4 Å². The van der Waals surface area contributed by atoms with Crippen molar-refractivity contribution in [2.75, 3.05) is 52.9 Å². The third-order valence-electron chi connectivity index (χ3n) is 8.80. The van der Waals surface area contributed by atoms with Gasteiger partial charge in [-0.15, -0.1) is 0 Å². The number of hydrogen-bond acceptors (Lipinski definition) is 19.